The highest BCUT2D eigenvalue weighted by molar-refractivity contribution is 6.31. The van der Waals surface area contributed by atoms with Crippen molar-refractivity contribution in [3.8, 4) is 11.8 Å². The van der Waals surface area contributed by atoms with Crippen molar-refractivity contribution in [3.63, 3.8) is 0 Å². The predicted molar refractivity (Wildman–Crippen MR) is 65.2 cm³/mol. The normalized spacial score (nSPS) is 23.4. The van der Waals surface area contributed by atoms with E-state index in [0.717, 1.165) is 19.3 Å². The van der Waals surface area contributed by atoms with Crippen LogP contribution < -0.4 is 4.74 Å². The van der Waals surface area contributed by atoms with Gasteiger partial charge >= 0.3 is 0 Å². The summed E-state index contributed by atoms with van der Waals surface area (Å²) in [6.07, 6.45) is 3.39. The van der Waals surface area contributed by atoms with Crippen LogP contribution in [0.5, 0.6) is 5.75 Å². The molecule has 2 atom stereocenters. The van der Waals surface area contributed by atoms with E-state index in [1.54, 1.807) is 25.3 Å². The molecule has 0 aliphatic heterocycles. The van der Waals surface area contributed by atoms with Crippen molar-refractivity contribution in [2.45, 2.75) is 31.5 Å². The van der Waals surface area contributed by atoms with Crippen LogP contribution in [0.3, 0.4) is 0 Å². The van der Waals surface area contributed by atoms with Crippen LogP contribution >= 0.6 is 11.6 Å². The topological polar surface area (TPSA) is 42.2 Å². The summed E-state index contributed by atoms with van der Waals surface area (Å²) in [6, 6.07) is 7.16. The van der Waals surface area contributed by atoms with Crippen molar-refractivity contribution in [3.05, 3.63) is 28.8 Å². The van der Waals surface area contributed by atoms with Crippen LogP contribution in [0, 0.1) is 11.3 Å². The Morgan fingerprint density at radius 2 is 2.12 bits per heavy atom. The van der Waals surface area contributed by atoms with Gasteiger partial charge < -0.3 is 9.47 Å². The van der Waals surface area contributed by atoms with Gasteiger partial charge in [0.05, 0.1) is 16.7 Å². The summed E-state index contributed by atoms with van der Waals surface area (Å²) in [6.45, 7) is 0. The molecule has 0 amide bonds. The standard InChI is InChI=1S/C13H14ClNO2/c1-16-12-3-2-4-13(12)17-10-6-5-9(8-15)11(14)7-10/h5-7,12-13H,2-4H2,1H3/t12-,13-/m1/s1. The monoisotopic (exact) mass is 251 g/mol. The molecule has 1 aliphatic rings. The molecule has 0 spiro atoms. The quantitative estimate of drug-likeness (QED) is 0.829. The smallest absolute Gasteiger partial charge is 0.125 e. The zero-order valence-electron chi connectivity index (χ0n) is 9.65. The molecule has 1 aliphatic carbocycles. The first-order chi connectivity index (χ1) is 8.24. The molecular weight excluding hydrogens is 238 g/mol. The van der Waals surface area contributed by atoms with Crippen LogP contribution in [0.1, 0.15) is 24.8 Å². The van der Waals surface area contributed by atoms with E-state index in [-0.39, 0.29) is 12.2 Å². The highest BCUT2D eigenvalue weighted by Crippen LogP contribution is 2.28. The molecule has 0 heterocycles. The number of nitriles is 1. The Balaban J connectivity index is 2.09. The lowest BCUT2D eigenvalue weighted by Gasteiger charge is -2.20. The lowest BCUT2D eigenvalue weighted by molar-refractivity contribution is 0.0229. The number of nitrogens with zero attached hydrogens (tertiary/aromatic N) is 1. The van der Waals surface area contributed by atoms with Gasteiger partial charge in [0.25, 0.3) is 0 Å². The summed E-state index contributed by atoms with van der Waals surface area (Å²) in [4.78, 5) is 0. The summed E-state index contributed by atoms with van der Waals surface area (Å²) in [5.41, 5.74) is 0.466. The van der Waals surface area contributed by atoms with Crippen molar-refractivity contribution >= 4 is 11.6 Å². The van der Waals surface area contributed by atoms with Crippen molar-refractivity contribution < 1.29 is 9.47 Å². The first-order valence-corrected chi connectivity index (χ1v) is 6.01. The van der Waals surface area contributed by atoms with Gasteiger partial charge in [-0.2, -0.15) is 5.26 Å². The largest absolute Gasteiger partial charge is 0.488 e. The summed E-state index contributed by atoms with van der Waals surface area (Å²) < 4.78 is 11.2. The van der Waals surface area contributed by atoms with Crippen LogP contribution in [0.4, 0.5) is 0 Å². The lowest BCUT2D eigenvalue weighted by atomic mass is 10.2. The van der Waals surface area contributed by atoms with Crippen molar-refractivity contribution in [2.75, 3.05) is 7.11 Å². The maximum atomic E-state index is 8.78. The minimum absolute atomic E-state index is 0.0870. The Morgan fingerprint density at radius 3 is 2.76 bits per heavy atom. The molecule has 1 aromatic carbocycles. The molecule has 1 aromatic rings. The van der Waals surface area contributed by atoms with E-state index in [0.29, 0.717) is 16.3 Å². The van der Waals surface area contributed by atoms with E-state index >= 15 is 0 Å². The number of hydrogen-bond donors (Lipinski definition) is 0. The number of halogens is 1. The molecule has 90 valence electrons. The van der Waals surface area contributed by atoms with Gasteiger partial charge in [0.2, 0.25) is 0 Å². The molecule has 4 heteroatoms. The van der Waals surface area contributed by atoms with E-state index in [1.807, 2.05) is 6.07 Å². The van der Waals surface area contributed by atoms with Gasteiger partial charge in [-0.05, 0) is 31.4 Å². The fraction of sp³-hybridized carbons (Fsp3) is 0.462. The fourth-order valence-electron chi connectivity index (χ4n) is 2.13. The molecule has 0 saturated heterocycles. The van der Waals surface area contributed by atoms with Crippen LogP contribution in [0.15, 0.2) is 18.2 Å². The SMILES string of the molecule is CO[C@@H]1CCC[C@H]1Oc1ccc(C#N)c(Cl)c1. The first-order valence-electron chi connectivity index (χ1n) is 5.63. The molecule has 0 bridgehead atoms. The van der Waals surface area contributed by atoms with Gasteiger partial charge in [-0.3, -0.25) is 0 Å². The molecule has 17 heavy (non-hydrogen) atoms. The summed E-state index contributed by atoms with van der Waals surface area (Å²) in [7, 11) is 1.71. The minimum atomic E-state index is 0.0870. The summed E-state index contributed by atoms with van der Waals surface area (Å²) in [5.74, 6) is 0.697. The molecular formula is C13H14ClNO2. The van der Waals surface area contributed by atoms with Crippen molar-refractivity contribution in [1.82, 2.24) is 0 Å². The molecule has 1 saturated carbocycles. The Bertz CT molecular complexity index is 442. The summed E-state index contributed by atoms with van der Waals surface area (Å²) >= 11 is 5.95. The summed E-state index contributed by atoms with van der Waals surface area (Å²) in [5, 5.41) is 9.21. The maximum Gasteiger partial charge on any atom is 0.125 e. The van der Waals surface area contributed by atoms with Crippen LogP contribution in [0.25, 0.3) is 0 Å². The van der Waals surface area contributed by atoms with Crippen molar-refractivity contribution in [1.29, 1.82) is 5.26 Å². The average molecular weight is 252 g/mol. The van der Waals surface area contributed by atoms with Gasteiger partial charge in [-0.15, -0.1) is 0 Å². The van der Waals surface area contributed by atoms with Crippen LogP contribution in [-0.4, -0.2) is 19.3 Å². The predicted octanol–water partition coefficient (Wildman–Crippen LogP) is 3.16. The number of methoxy groups -OCH3 is 1. The number of hydrogen-bond acceptors (Lipinski definition) is 3. The molecule has 2 rings (SSSR count). The Kier molecular flexibility index (Phi) is 3.88. The van der Waals surface area contributed by atoms with Crippen molar-refractivity contribution in [2.24, 2.45) is 0 Å². The third-order valence-electron chi connectivity index (χ3n) is 3.04. The Morgan fingerprint density at radius 1 is 1.35 bits per heavy atom. The number of ether oxygens (including phenoxy) is 2. The van der Waals surface area contributed by atoms with Gasteiger partial charge in [0.1, 0.15) is 17.9 Å². The second-order valence-electron chi connectivity index (χ2n) is 4.11. The van der Waals surface area contributed by atoms with E-state index in [1.165, 1.54) is 0 Å². The molecule has 0 N–H and O–H groups in total. The third kappa shape index (κ3) is 2.71. The van der Waals surface area contributed by atoms with E-state index < -0.39 is 0 Å². The van der Waals surface area contributed by atoms with Gasteiger partial charge in [-0.1, -0.05) is 11.6 Å². The Hall–Kier alpha value is -1.24. The third-order valence-corrected chi connectivity index (χ3v) is 3.36. The van der Waals surface area contributed by atoms with E-state index in [2.05, 4.69) is 0 Å². The highest BCUT2D eigenvalue weighted by Gasteiger charge is 2.28. The molecule has 0 radical (unpaired) electrons. The molecule has 0 aromatic heterocycles. The van der Waals surface area contributed by atoms with E-state index in [9.17, 15) is 0 Å². The minimum Gasteiger partial charge on any atom is -0.488 e. The van der Waals surface area contributed by atoms with Crippen LogP contribution in [0.2, 0.25) is 5.02 Å². The maximum absolute atomic E-state index is 8.78. The second-order valence-corrected chi connectivity index (χ2v) is 4.52. The van der Waals surface area contributed by atoms with Crippen LogP contribution in [-0.2, 0) is 4.74 Å². The number of rotatable bonds is 3. The highest BCUT2D eigenvalue weighted by atomic mass is 35.5. The van der Waals surface area contributed by atoms with Gasteiger partial charge in [-0.25, -0.2) is 0 Å². The molecule has 1 fully saturated rings. The average Bonchev–Trinajstić information content (AvgIpc) is 2.76. The number of benzene rings is 1. The van der Waals surface area contributed by atoms with Gasteiger partial charge in [0.15, 0.2) is 0 Å². The lowest BCUT2D eigenvalue weighted by Crippen LogP contribution is -2.27. The Labute approximate surface area is 106 Å². The molecule has 0 unspecified atom stereocenters. The first kappa shape index (κ1) is 12.2. The van der Waals surface area contributed by atoms with Gasteiger partial charge in [0, 0.05) is 13.2 Å². The zero-order chi connectivity index (χ0) is 12.3. The second kappa shape index (κ2) is 5.39. The van der Waals surface area contributed by atoms with E-state index in [4.69, 9.17) is 26.3 Å². The zero-order valence-corrected chi connectivity index (χ0v) is 10.4. The molecule has 3 nitrogen and oxygen atoms in total. The fourth-order valence-corrected chi connectivity index (χ4v) is 2.34.